The maximum atomic E-state index is 12.5. The molecule has 0 radical (unpaired) electrons. The maximum absolute atomic E-state index is 12.5. The molecule has 0 aliphatic heterocycles. The Hall–Kier alpha value is -0.920. The summed E-state index contributed by atoms with van der Waals surface area (Å²) in [6.45, 7) is 4.41. The molecule has 0 aromatic rings. The molecular formula is C18H30F2. The minimum absolute atomic E-state index is 0. The van der Waals surface area contributed by atoms with Crippen molar-refractivity contribution < 1.29 is 9.09 Å². The van der Waals surface area contributed by atoms with Gasteiger partial charge in [-0.15, -0.1) is 0 Å². The zero-order valence-electron chi connectivity index (χ0n) is 13.0. The van der Waals surface area contributed by atoms with Gasteiger partial charge in [-0.1, -0.05) is 56.8 Å². The van der Waals surface area contributed by atoms with Crippen LogP contribution in [-0.4, -0.2) is 0 Å². The van der Waals surface area contributed by atoms with Crippen LogP contribution in [0.1, 0.15) is 71.6 Å². The fourth-order valence-electron chi connectivity index (χ4n) is 2.81. The van der Waals surface area contributed by atoms with Crippen molar-refractivity contribution in [3.05, 3.63) is 35.7 Å². The molecule has 1 aliphatic rings. The third-order valence-corrected chi connectivity index (χ3v) is 4.07. The lowest BCUT2D eigenvalue weighted by Crippen LogP contribution is -2.07. The Labute approximate surface area is 123 Å². The van der Waals surface area contributed by atoms with Gasteiger partial charge in [0.25, 0.3) is 0 Å². The molecule has 0 nitrogen and oxygen atoms in total. The first-order valence-corrected chi connectivity index (χ1v) is 7.92. The molecule has 0 N–H and O–H groups in total. The quantitative estimate of drug-likeness (QED) is 0.362. The van der Waals surface area contributed by atoms with Crippen LogP contribution in [0.3, 0.4) is 0 Å². The van der Waals surface area contributed by atoms with Gasteiger partial charge in [-0.05, 0) is 50.2 Å². The second-order valence-corrected chi connectivity index (χ2v) is 5.76. The molecule has 20 heavy (non-hydrogen) atoms. The Kier molecular flexibility index (Phi) is 11.3. The molecule has 0 unspecified atom stereocenters. The Morgan fingerprint density at radius 2 is 1.80 bits per heavy atom. The van der Waals surface area contributed by atoms with Crippen LogP contribution in [0.15, 0.2) is 35.7 Å². The van der Waals surface area contributed by atoms with E-state index in [0.29, 0.717) is 12.2 Å². The molecule has 2 heteroatoms. The van der Waals surface area contributed by atoms with Crippen molar-refractivity contribution in [2.24, 2.45) is 5.92 Å². The van der Waals surface area contributed by atoms with E-state index in [1.165, 1.54) is 68.9 Å². The molecule has 1 rings (SSSR count). The van der Waals surface area contributed by atoms with Gasteiger partial charge in [0, 0.05) is 0 Å². The number of hydrogen-bond donors (Lipinski definition) is 0. The lowest BCUT2D eigenvalue weighted by molar-refractivity contribution is 0.408. The van der Waals surface area contributed by atoms with Crippen LogP contribution in [0.25, 0.3) is 0 Å². The van der Waals surface area contributed by atoms with Gasteiger partial charge < -0.3 is 0 Å². The predicted molar refractivity (Wildman–Crippen MR) is 85.3 cm³/mol. The first kappa shape index (κ1) is 19.1. The third kappa shape index (κ3) is 7.62. The molecule has 0 saturated heterocycles. The fraction of sp³-hybridized carbons (Fsp3) is 0.667. The van der Waals surface area contributed by atoms with Gasteiger partial charge in [0.05, 0.1) is 6.33 Å². The summed E-state index contributed by atoms with van der Waals surface area (Å²) in [6, 6.07) is 0. The highest BCUT2D eigenvalue weighted by Gasteiger charge is 2.15. The van der Waals surface area contributed by atoms with E-state index in [1.807, 2.05) is 0 Å². The highest BCUT2D eigenvalue weighted by atomic mass is 19.1. The van der Waals surface area contributed by atoms with Gasteiger partial charge in [0.2, 0.25) is 0 Å². The zero-order valence-corrected chi connectivity index (χ0v) is 13.0. The van der Waals surface area contributed by atoms with Gasteiger partial charge in [0.15, 0.2) is 0 Å². The van der Waals surface area contributed by atoms with Crippen molar-refractivity contribution in [3.8, 4) is 0 Å². The number of allylic oxidation sites excluding steroid dienone is 5. The lowest BCUT2D eigenvalue weighted by atomic mass is 9.83. The van der Waals surface area contributed by atoms with Crippen molar-refractivity contribution in [3.63, 3.8) is 0 Å². The van der Waals surface area contributed by atoms with Gasteiger partial charge in [-0.25, -0.2) is 4.39 Å². The SMILES string of the molecule is CCCCC/C(C)=C/C=C(\C=C\F)C1CCCCC1.F. The van der Waals surface area contributed by atoms with Crippen molar-refractivity contribution >= 4 is 0 Å². The number of halogens is 2. The summed E-state index contributed by atoms with van der Waals surface area (Å²) < 4.78 is 12.5. The molecule has 116 valence electrons. The first-order valence-electron chi connectivity index (χ1n) is 7.92. The fourth-order valence-corrected chi connectivity index (χ4v) is 2.81. The van der Waals surface area contributed by atoms with Crippen LogP contribution < -0.4 is 0 Å². The molecule has 0 atom stereocenters. The van der Waals surface area contributed by atoms with E-state index < -0.39 is 0 Å². The largest absolute Gasteiger partial charge is 0.269 e. The highest BCUT2D eigenvalue weighted by molar-refractivity contribution is 5.27. The van der Waals surface area contributed by atoms with E-state index in [0.717, 1.165) is 0 Å². The molecule has 1 fully saturated rings. The Morgan fingerprint density at radius 3 is 2.40 bits per heavy atom. The minimum Gasteiger partial charge on any atom is -0.269 e. The predicted octanol–water partition coefficient (Wildman–Crippen LogP) is 6.66. The van der Waals surface area contributed by atoms with E-state index in [9.17, 15) is 4.39 Å². The van der Waals surface area contributed by atoms with Gasteiger partial charge >= 0.3 is 0 Å². The molecule has 0 spiro atoms. The number of unbranched alkanes of at least 4 members (excludes halogenated alkanes) is 2. The summed E-state index contributed by atoms with van der Waals surface area (Å²) in [5.41, 5.74) is 2.59. The van der Waals surface area contributed by atoms with Gasteiger partial charge in [0.1, 0.15) is 0 Å². The highest BCUT2D eigenvalue weighted by Crippen LogP contribution is 2.30. The second-order valence-electron chi connectivity index (χ2n) is 5.76. The minimum atomic E-state index is 0. The standard InChI is InChI=1S/C18H29F.FH/c1-3-4-6-9-16(2)12-13-18(14-15-19)17-10-7-5-8-11-17;/h12-15,17H,3-11H2,1-2H3;1H/b15-14+,16-12+,18-13+;. The normalized spacial score (nSPS) is 18.4. The summed E-state index contributed by atoms with van der Waals surface area (Å²) in [7, 11) is 0. The molecule has 0 aromatic carbocycles. The van der Waals surface area contributed by atoms with Crippen molar-refractivity contribution in [2.75, 3.05) is 0 Å². The zero-order chi connectivity index (χ0) is 13.9. The van der Waals surface area contributed by atoms with E-state index in [-0.39, 0.29) is 4.70 Å². The molecule has 0 amide bonds. The van der Waals surface area contributed by atoms with Crippen LogP contribution in [0.5, 0.6) is 0 Å². The van der Waals surface area contributed by atoms with Crippen LogP contribution in [0, 0.1) is 5.92 Å². The smallest absolute Gasteiger partial charge is 0.0869 e. The van der Waals surface area contributed by atoms with Gasteiger partial charge in [-0.2, -0.15) is 0 Å². The summed E-state index contributed by atoms with van der Waals surface area (Å²) in [6.07, 6.45) is 18.1. The Bertz CT molecular complexity index is 320. The lowest BCUT2D eigenvalue weighted by Gasteiger charge is -2.22. The van der Waals surface area contributed by atoms with E-state index in [4.69, 9.17) is 0 Å². The van der Waals surface area contributed by atoms with Crippen LogP contribution in [0.4, 0.5) is 9.09 Å². The Morgan fingerprint density at radius 1 is 1.10 bits per heavy atom. The summed E-state index contributed by atoms with van der Waals surface area (Å²) in [5, 5.41) is 0. The topological polar surface area (TPSA) is 0 Å². The molecule has 0 aromatic heterocycles. The Balaban J connectivity index is 0.00000361. The molecule has 1 saturated carbocycles. The van der Waals surface area contributed by atoms with Crippen LogP contribution in [0.2, 0.25) is 0 Å². The van der Waals surface area contributed by atoms with E-state index in [2.05, 4.69) is 26.0 Å². The number of rotatable bonds is 7. The van der Waals surface area contributed by atoms with Crippen molar-refractivity contribution in [2.45, 2.75) is 71.6 Å². The van der Waals surface area contributed by atoms with Crippen LogP contribution in [-0.2, 0) is 0 Å². The second kappa shape index (κ2) is 11.9. The monoisotopic (exact) mass is 284 g/mol. The van der Waals surface area contributed by atoms with Crippen molar-refractivity contribution in [1.82, 2.24) is 0 Å². The number of hydrogen-bond acceptors (Lipinski definition) is 0. The van der Waals surface area contributed by atoms with E-state index in [1.54, 1.807) is 6.08 Å². The molecule has 1 aliphatic carbocycles. The van der Waals surface area contributed by atoms with E-state index >= 15 is 0 Å². The van der Waals surface area contributed by atoms with Crippen molar-refractivity contribution in [1.29, 1.82) is 0 Å². The summed E-state index contributed by atoms with van der Waals surface area (Å²) >= 11 is 0. The summed E-state index contributed by atoms with van der Waals surface area (Å²) in [4.78, 5) is 0. The van der Waals surface area contributed by atoms with Gasteiger partial charge in [-0.3, -0.25) is 4.70 Å². The summed E-state index contributed by atoms with van der Waals surface area (Å²) in [5.74, 6) is 0.570. The third-order valence-electron chi connectivity index (χ3n) is 4.07. The molecule has 0 bridgehead atoms. The van der Waals surface area contributed by atoms with Crippen LogP contribution >= 0.6 is 0 Å². The molecule has 0 heterocycles. The molecular weight excluding hydrogens is 254 g/mol. The average molecular weight is 284 g/mol. The maximum Gasteiger partial charge on any atom is 0.0869 e. The first-order chi connectivity index (χ1) is 9.27. The average Bonchev–Trinajstić information content (AvgIpc) is 2.44.